The van der Waals surface area contributed by atoms with Gasteiger partial charge in [0, 0.05) is 20.1 Å². The number of nitrogens with one attached hydrogen (secondary N) is 1. The number of aliphatic hydroxyl groups is 1. The fourth-order valence-electron chi connectivity index (χ4n) is 3.19. The fraction of sp³-hybridized carbons (Fsp3) is 0.588. The lowest BCUT2D eigenvalue weighted by molar-refractivity contribution is -0.126. The molecule has 1 aromatic carbocycles. The van der Waals surface area contributed by atoms with Crippen LogP contribution in [0.3, 0.4) is 0 Å². The van der Waals surface area contributed by atoms with Crippen molar-refractivity contribution in [1.82, 2.24) is 10.2 Å². The van der Waals surface area contributed by atoms with Gasteiger partial charge in [-0.2, -0.15) is 0 Å². The van der Waals surface area contributed by atoms with E-state index in [-0.39, 0.29) is 11.8 Å². The lowest BCUT2D eigenvalue weighted by atomic mass is 9.96. The summed E-state index contributed by atoms with van der Waals surface area (Å²) in [6.45, 7) is 6.38. The molecule has 1 amide bonds. The van der Waals surface area contributed by atoms with Gasteiger partial charge in [-0.3, -0.25) is 9.69 Å². The summed E-state index contributed by atoms with van der Waals surface area (Å²) in [6, 6.07) is 6.19. The molecule has 4 heteroatoms. The Morgan fingerprint density at radius 1 is 1.38 bits per heavy atom. The van der Waals surface area contributed by atoms with Gasteiger partial charge in [-0.15, -0.1) is 0 Å². The minimum atomic E-state index is -0.493. The number of benzene rings is 1. The second kappa shape index (κ2) is 7.05. The summed E-state index contributed by atoms with van der Waals surface area (Å²) in [5, 5.41) is 13.2. The molecule has 0 bridgehead atoms. The van der Waals surface area contributed by atoms with E-state index in [4.69, 9.17) is 0 Å². The number of carbonyl (C=O) groups is 1. The molecular weight excluding hydrogens is 264 g/mol. The zero-order valence-corrected chi connectivity index (χ0v) is 13.2. The Bertz CT molecular complexity index is 481. The number of likely N-dealkylation sites (tertiary alicyclic amines) is 1. The van der Waals surface area contributed by atoms with Crippen LogP contribution < -0.4 is 5.32 Å². The Balaban J connectivity index is 1.98. The summed E-state index contributed by atoms with van der Waals surface area (Å²) in [7, 11) is 1.69. The Labute approximate surface area is 127 Å². The van der Waals surface area contributed by atoms with Crippen LogP contribution in [0, 0.1) is 19.8 Å². The highest BCUT2D eigenvalue weighted by Crippen LogP contribution is 2.22. The molecule has 1 aromatic rings. The second-order valence-corrected chi connectivity index (χ2v) is 6.15. The number of carbonyl (C=O) groups excluding carboxylic acids is 1. The number of β-amino-alcohol motifs (C(OH)–C–C–N with tert-alkyl or cyclic N) is 1. The van der Waals surface area contributed by atoms with Crippen LogP contribution in [0.2, 0.25) is 0 Å². The van der Waals surface area contributed by atoms with Crippen molar-refractivity contribution in [3.8, 4) is 0 Å². The van der Waals surface area contributed by atoms with E-state index in [1.165, 1.54) is 11.1 Å². The molecule has 1 aliphatic heterocycles. The third-order valence-corrected chi connectivity index (χ3v) is 4.18. The first kappa shape index (κ1) is 16.0. The number of rotatable bonds is 4. The molecule has 1 saturated heterocycles. The highest BCUT2D eigenvalue weighted by Gasteiger charge is 2.26. The highest BCUT2D eigenvalue weighted by atomic mass is 16.3. The van der Waals surface area contributed by atoms with Gasteiger partial charge in [-0.25, -0.2) is 0 Å². The molecule has 2 unspecified atom stereocenters. The van der Waals surface area contributed by atoms with E-state index in [9.17, 15) is 9.90 Å². The molecule has 2 N–H and O–H groups in total. The van der Waals surface area contributed by atoms with Gasteiger partial charge in [0.25, 0.3) is 0 Å². The number of piperidine rings is 1. The van der Waals surface area contributed by atoms with Crippen molar-refractivity contribution in [1.29, 1.82) is 0 Å². The summed E-state index contributed by atoms with van der Waals surface area (Å²) < 4.78 is 0. The lowest BCUT2D eigenvalue weighted by Crippen LogP contribution is -2.43. The summed E-state index contributed by atoms with van der Waals surface area (Å²) in [5.41, 5.74) is 3.31. The van der Waals surface area contributed by atoms with E-state index in [0.717, 1.165) is 31.5 Å². The van der Waals surface area contributed by atoms with E-state index in [0.29, 0.717) is 6.54 Å². The minimum Gasteiger partial charge on any atom is -0.387 e. The summed E-state index contributed by atoms with van der Waals surface area (Å²) in [6.07, 6.45) is 1.46. The van der Waals surface area contributed by atoms with Crippen LogP contribution in [0.4, 0.5) is 0 Å². The van der Waals surface area contributed by atoms with Gasteiger partial charge >= 0.3 is 0 Å². The Hall–Kier alpha value is -1.39. The average molecular weight is 290 g/mol. The summed E-state index contributed by atoms with van der Waals surface area (Å²) in [4.78, 5) is 14.0. The molecule has 1 fully saturated rings. The number of nitrogens with zero attached hydrogens (tertiary/aromatic N) is 1. The van der Waals surface area contributed by atoms with Crippen molar-refractivity contribution >= 4 is 5.91 Å². The molecule has 0 spiro atoms. The van der Waals surface area contributed by atoms with Gasteiger partial charge in [0.05, 0.1) is 12.0 Å². The molecule has 21 heavy (non-hydrogen) atoms. The normalized spacial score (nSPS) is 21.0. The number of aryl methyl sites for hydroxylation is 2. The van der Waals surface area contributed by atoms with Crippen molar-refractivity contribution in [2.45, 2.75) is 32.8 Å². The van der Waals surface area contributed by atoms with Gasteiger partial charge < -0.3 is 10.4 Å². The quantitative estimate of drug-likeness (QED) is 0.889. The Morgan fingerprint density at radius 3 is 2.67 bits per heavy atom. The molecular formula is C17H26N2O2. The van der Waals surface area contributed by atoms with Crippen LogP contribution in [0.15, 0.2) is 18.2 Å². The average Bonchev–Trinajstić information content (AvgIpc) is 2.45. The molecule has 0 radical (unpaired) electrons. The first-order valence-electron chi connectivity index (χ1n) is 7.70. The van der Waals surface area contributed by atoms with Gasteiger partial charge in [0.1, 0.15) is 0 Å². The van der Waals surface area contributed by atoms with Crippen LogP contribution in [0.5, 0.6) is 0 Å². The maximum Gasteiger partial charge on any atom is 0.224 e. The van der Waals surface area contributed by atoms with Crippen molar-refractivity contribution < 1.29 is 9.90 Å². The zero-order chi connectivity index (χ0) is 15.4. The fourth-order valence-corrected chi connectivity index (χ4v) is 3.19. The molecule has 4 nitrogen and oxygen atoms in total. The molecule has 1 heterocycles. The molecule has 116 valence electrons. The van der Waals surface area contributed by atoms with Crippen molar-refractivity contribution in [2.75, 3.05) is 26.7 Å². The lowest BCUT2D eigenvalue weighted by Gasteiger charge is -2.33. The van der Waals surface area contributed by atoms with E-state index >= 15 is 0 Å². The third-order valence-electron chi connectivity index (χ3n) is 4.18. The Kier molecular flexibility index (Phi) is 5.37. The Morgan fingerprint density at radius 2 is 2.05 bits per heavy atom. The number of amides is 1. The van der Waals surface area contributed by atoms with Gasteiger partial charge in [0.2, 0.25) is 5.91 Å². The predicted molar refractivity (Wildman–Crippen MR) is 84.1 cm³/mol. The van der Waals surface area contributed by atoms with E-state index in [1.54, 1.807) is 7.05 Å². The van der Waals surface area contributed by atoms with Crippen molar-refractivity contribution in [3.05, 3.63) is 34.9 Å². The standard InChI is InChI=1S/C17H26N2O2/c1-12-7-13(2)9-15(8-12)16(20)11-19-6-4-5-14(10-19)17(21)18-3/h7-9,14,16,20H,4-6,10-11H2,1-3H3,(H,18,21). The topological polar surface area (TPSA) is 52.6 Å². The number of hydrogen-bond acceptors (Lipinski definition) is 3. The van der Waals surface area contributed by atoms with Gasteiger partial charge in [0.15, 0.2) is 0 Å². The molecule has 0 saturated carbocycles. The SMILES string of the molecule is CNC(=O)C1CCCN(CC(O)c2cc(C)cc(C)c2)C1. The largest absolute Gasteiger partial charge is 0.387 e. The zero-order valence-electron chi connectivity index (χ0n) is 13.2. The van der Waals surface area contributed by atoms with Crippen LogP contribution in [0.25, 0.3) is 0 Å². The molecule has 2 rings (SSSR count). The third kappa shape index (κ3) is 4.29. The molecule has 1 aliphatic rings. The van der Waals surface area contributed by atoms with Crippen LogP contribution >= 0.6 is 0 Å². The van der Waals surface area contributed by atoms with Crippen LogP contribution in [0.1, 0.15) is 35.6 Å². The molecule has 2 atom stereocenters. The van der Waals surface area contributed by atoms with Crippen molar-refractivity contribution in [3.63, 3.8) is 0 Å². The van der Waals surface area contributed by atoms with E-state index < -0.39 is 6.10 Å². The second-order valence-electron chi connectivity index (χ2n) is 6.15. The first-order chi connectivity index (χ1) is 9.99. The highest BCUT2D eigenvalue weighted by molar-refractivity contribution is 5.78. The van der Waals surface area contributed by atoms with Gasteiger partial charge in [-0.05, 0) is 38.8 Å². The van der Waals surface area contributed by atoms with Crippen LogP contribution in [-0.2, 0) is 4.79 Å². The maximum absolute atomic E-state index is 11.8. The predicted octanol–water partition coefficient (Wildman–Crippen LogP) is 1.79. The molecule has 0 aliphatic carbocycles. The smallest absolute Gasteiger partial charge is 0.224 e. The number of aliphatic hydroxyl groups excluding tert-OH is 1. The van der Waals surface area contributed by atoms with Gasteiger partial charge in [-0.1, -0.05) is 29.3 Å². The monoisotopic (exact) mass is 290 g/mol. The number of hydrogen-bond donors (Lipinski definition) is 2. The van der Waals surface area contributed by atoms with E-state index in [1.807, 2.05) is 26.0 Å². The van der Waals surface area contributed by atoms with Crippen molar-refractivity contribution in [2.24, 2.45) is 5.92 Å². The maximum atomic E-state index is 11.8. The first-order valence-corrected chi connectivity index (χ1v) is 7.70. The summed E-state index contributed by atoms with van der Waals surface area (Å²) in [5.74, 6) is 0.163. The van der Waals surface area contributed by atoms with E-state index in [2.05, 4.69) is 16.3 Å². The minimum absolute atomic E-state index is 0.0511. The van der Waals surface area contributed by atoms with Crippen LogP contribution in [-0.4, -0.2) is 42.6 Å². The molecule has 0 aromatic heterocycles. The summed E-state index contributed by atoms with van der Waals surface area (Å²) >= 11 is 0.